The molecule has 2 saturated carbocycles. The molecule has 0 atom stereocenters. The zero-order valence-electron chi connectivity index (χ0n) is 13.6. The van der Waals surface area contributed by atoms with Gasteiger partial charge in [-0.05, 0) is 37.0 Å². The molecular formula is C21H34P-. The summed E-state index contributed by atoms with van der Waals surface area (Å²) in [5.41, 5.74) is 3.58. The van der Waals surface area contributed by atoms with E-state index in [9.17, 15) is 0 Å². The molecule has 3 aliphatic carbocycles. The molecule has 0 aliphatic heterocycles. The quantitative estimate of drug-likeness (QED) is 0.376. The van der Waals surface area contributed by atoms with Crippen molar-refractivity contribution in [1.82, 2.24) is 0 Å². The molecule has 1 heteroatoms. The van der Waals surface area contributed by atoms with Gasteiger partial charge in [0.2, 0.25) is 0 Å². The molecule has 0 unspecified atom stereocenters. The number of hydrogen-bond acceptors (Lipinski definition) is 0. The minimum Gasteiger partial charge on any atom is -0.145 e. The van der Waals surface area contributed by atoms with Gasteiger partial charge in [0.15, 0.2) is 0 Å². The topological polar surface area (TPSA) is 0 Å². The third-order valence-corrected chi connectivity index (χ3v) is 9.15. The molecule has 0 saturated heterocycles. The smallest absolute Gasteiger partial charge is 0.0249 e. The lowest BCUT2D eigenvalue weighted by molar-refractivity contribution is 0.486. The Morgan fingerprint density at radius 3 is 1.91 bits per heavy atom. The highest BCUT2D eigenvalue weighted by molar-refractivity contribution is 7.63. The number of allylic oxidation sites excluding steroid dienone is 6. The minimum absolute atomic E-state index is 0. The van der Waals surface area contributed by atoms with Crippen molar-refractivity contribution in [1.29, 1.82) is 0 Å². The molecule has 0 aromatic rings. The summed E-state index contributed by atoms with van der Waals surface area (Å²) in [6.45, 7) is 2.46. The lowest BCUT2D eigenvalue weighted by atomic mass is 9.99. The number of rotatable bonds is 3. The maximum Gasteiger partial charge on any atom is -0.0249 e. The molecule has 0 heterocycles. The van der Waals surface area contributed by atoms with Crippen LogP contribution in [-0.2, 0) is 0 Å². The predicted octanol–water partition coefficient (Wildman–Crippen LogP) is 7.37. The van der Waals surface area contributed by atoms with E-state index in [1.165, 1.54) is 69.8 Å². The summed E-state index contributed by atoms with van der Waals surface area (Å²) in [5, 5.41) is 1.75. The Bertz CT molecular complexity index is 399. The summed E-state index contributed by atoms with van der Waals surface area (Å²) in [5.74, 6) is 0. The molecule has 0 spiro atoms. The Hall–Kier alpha value is -0.480. The Morgan fingerprint density at radius 1 is 0.909 bits per heavy atom. The highest BCUT2D eigenvalue weighted by Crippen LogP contribution is 2.61. The first kappa shape index (κ1) is 17.9. The van der Waals surface area contributed by atoms with Crippen molar-refractivity contribution < 1.29 is 0 Å². The average Bonchev–Trinajstić information content (AvgIpc) is 2.58. The normalized spacial score (nSPS) is 25.7. The van der Waals surface area contributed by atoms with Crippen molar-refractivity contribution in [3.8, 4) is 0 Å². The van der Waals surface area contributed by atoms with E-state index >= 15 is 0 Å². The summed E-state index contributed by atoms with van der Waals surface area (Å²) in [6.07, 6.45) is 26.2. The summed E-state index contributed by atoms with van der Waals surface area (Å²) in [7, 11) is 0.0822. The fraction of sp³-hybridized carbons (Fsp3) is 0.667. The minimum atomic E-state index is 0. The SMILES string of the molecule is C.CC(=C1C=CC=C[CH-]1)P(C1CCCCC1)C1CCCCC1. The summed E-state index contributed by atoms with van der Waals surface area (Å²) < 4.78 is 0. The van der Waals surface area contributed by atoms with Crippen molar-refractivity contribution >= 4 is 7.92 Å². The average molecular weight is 317 g/mol. The second kappa shape index (κ2) is 8.97. The molecule has 22 heavy (non-hydrogen) atoms. The zero-order chi connectivity index (χ0) is 14.5. The molecule has 124 valence electrons. The van der Waals surface area contributed by atoms with Crippen LogP contribution in [-0.4, -0.2) is 11.3 Å². The lowest BCUT2D eigenvalue weighted by Gasteiger charge is -2.42. The monoisotopic (exact) mass is 317 g/mol. The van der Waals surface area contributed by atoms with Crippen molar-refractivity contribution in [2.24, 2.45) is 0 Å². The molecule has 3 rings (SSSR count). The highest BCUT2D eigenvalue weighted by Gasteiger charge is 2.30. The lowest BCUT2D eigenvalue weighted by Crippen LogP contribution is -2.21. The third-order valence-electron chi connectivity index (χ3n) is 5.52. The maximum absolute atomic E-state index is 2.46. The van der Waals surface area contributed by atoms with Gasteiger partial charge < -0.3 is 0 Å². The van der Waals surface area contributed by atoms with Crippen LogP contribution in [0.15, 0.2) is 35.2 Å². The van der Waals surface area contributed by atoms with Crippen LogP contribution in [0.3, 0.4) is 0 Å². The van der Waals surface area contributed by atoms with Crippen molar-refractivity contribution in [3.63, 3.8) is 0 Å². The van der Waals surface area contributed by atoms with Crippen LogP contribution in [0.1, 0.15) is 78.6 Å². The van der Waals surface area contributed by atoms with E-state index in [1.54, 1.807) is 5.31 Å². The van der Waals surface area contributed by atoms with E-state index in [4.69, 9.17) is 0 Å². The Balaban J connectivity index is 0.00000176. The molecular weight excluding hydrogens is 283 g/mol. The Labute approximate surface area is 139 Å². The second-order valence-electron chi connectivity index (χ2n) is 6.94. The van der Waals surface area contributed by atoms with Gasteiger partial charge in [0.1, 0.15) is 0 Å². The van der Waals surface area contributed by atoms with Crippen LogP contribution in [0.5, 0.6) is 0 Å². The van der Waals surface area contributed by atoms with Crippen LogP contribution in [0, 0.1) is 6.42 Å². The summed E-state index contributed by atoms with van der Waals surface area (Å²) in [4.78, 5) is 0. The zero-order valence-corrected chi connectivity index (χ0v) is 14.5. The molecule has 0 radical (unpaired) electrons. The van der Waals surface area contributed by atoms with Gasteiger partial charge >= 0.3 is 0 Å². The van der Waals surface area contributed by atoms with Gasteiger partial charge in [0.25, 0.3) is 0 Å². The van der Waals surface area contributed by atoms with E-state index in [2.05, 4.69) is 37.6 Å². The van der Waals surface area contributed by atoms with Crippen molar-refractivity contribution in [2.45, 2.75) is 89.9 Å². The van der Waals surface area contributed by atoms with Crippen LogP contribution >= 0.6 is 7.92 Å². The van der Waals surface area contributed by atoms with Crippen molar-refractivity contribution in [2.75, 3.05) is 0 Å². The third kappa shape index (κ3) is 4.29. The summed E-state index contributed by atoms with van der Waals surface area (Å²) >= 11 is 0. The van der Waals surface area contributed by atoms with E-state index in [1.807, 2.05) is 0 Å². The molecule has 2 fully saturated rings. The van der Waals surface area contributed by atoms with Gasteiger partial charge in [-0.15, -0.1) is 49.5 Å². The molecule has 0 bridgehead atoms. The van der Waals surface area contributed by atoms with Gasteiger partial charge in [0.05, 0.1) is 0 Å². The predicted molar refractivity (Wildman–Crippen MR) is 103 cm³/mol. The van der Waals surface area contributed by atoms with Crippen LogP contribution in [0.25, 0.3) is 0 Å². The van der Waals surface area contributed by atoms with Gasteiger partial charge in [-0.1, -0.05) is 52.9 Å². The first-order valence-corrected chi connectivity index (χ1v) is 10.5. The molecule has 0 nitrogen and oxygen atoms in total. The Morgan fingerprint density at radius 2 is 1.45 bits per heavy atom. The van der Waals surface area contributed by atoms with Gasteiger partial charge in [-0.3, -0.25) is 0 Å². The van der Waals surface area contributed by atoms with E-state index in [-0.39, 0.29) is 15.3 Å². The van der Waals surface area contributed by atoms with E-state index in [0.717, 1.165) is 11.3 Å². The fourth-order valence-electron chi connectivity index (χ4n) is 4.39. The molecule has 0 aromatic carbocycles. The molecule has 0 amide bonds. The van der Waals surface area contributed by atoms with Gasteiger partial charge in [-0.25, -0.2) is 0 Å². The second-order valence-corrected chi connectivity index (χ2v) is 9.89. The molecule has 3 aliphatic rings. The number of hydrogen-bond donors (Lipinski definition) is 0. The Kier molecular flexibility index (Phi) is 7.29. The summed E-state index contributed by atoms with van der Waals surface area (Å²) in [6, 6.07) is 0. The van der Waals surface area contributed by atoms with Crippen molar-refractivity contribution in [3.05, 3.63) is 41.6 Å². The van der Waals surface area contributed by atoms with E-state index in [0.29, 0.717) is 0 Å². The standard InChI is InChI=1S/C20H30P.CH4/c1-17(18-11-5-2-6-12-18)21(19-13-7-3-8-14-19)20-15-9-4-10-16-20;/h2,5-6,11-12,19-20H,3-4,7-10,13-16H2,1H3;1H4/q-1;. The van der Waals surface area contributed by atoms with Crippen LogP contribution in [0.4, 0.5) is 0 Å². The molecule has 0 N–H and O–H groups in total. The van der Waals surface area contributed by atoms with E-state index < -0.39 is 0 Å². The van der Waals surface area contributed by atoms with Crippen LogP contribution < -0.4 is 0 Å². The fourth-order valence-corrected chi connectivity index (χ4v) is 8.37. The molecule has 0 aromatic heterocycles. The first-order chi connectivity index (χ1) is 10.4. The van der Waals surface area contributed by atoms with Gasteiger partial charge in [0, 0.05) is 0 Å². The maximum atomic E-state index is 2.46. The highest BCUT2D eigenvalue weighted by atomic mass is 31.1. The first-order valence-electron chi connectivity index (χ1n) is 9.03. The largest absolute Gasteiger partial charge is 0.145 e. The van der Waals surface area contributed by atoms with Gasteiger partial charge in [-0.2, -0.15) is 0 Å². The van der Waals surface area contributed by atoms with Crippen LogP contribution in [0.2, 0.25) is 0 Å².